The third kappa shape index (κ3) is 3.18. The number of carbonyl (C=O) groups is 1. The van der Waals surface area contributed by atoms with E-state index in [-0.39, 0.29) is 11.5 Å². The summed E-state index contributed by atoms with van der Waals surface area (Å²) >= 11 is 0. The van der Waals surface area contributed by atoms with Crippen LogP contribution < -0.4 is 5.73 Å². The summed E-state index contributed by atoms with van der Waals surface area (Å²) in [5, 5.41) is 0. The van der Waals surface area contributed by atoms with E-state index in [4.69, 9.17) is 15.2 Å². The van der Waals surface area contributed by atoms with Crippen molar-refractivity contribution in [2.75, 3.05) is 32.9 Å². The molecule has 1 fully saturated rings. The van der Waals surface area contributed by atoms with E-state index in [0.29, 0.717) is 19.8 Å². The van der Waals surface area contributed by atoms with E-state index in [1.165, 1.54) is 0 Å². The zero-order valence-electron chi connectivity index (χ0n) is 11.1. The van der Waals surface area contributed by atoms with Gasteiger partial charge in [0.1, 0.15) is 6.04 Å². The standard InChI is InChI=1S/C12H24N2O3/c1-4-12(3,10(13)11(15)17-5-2)14-6-8-16-9-7-14/h10H,4-9,13H2,1-3H3/t10-,12+/m1/s1. The molecule has 1 rings (SSSR count). The van der Waals surface area contributed by atoms with Gasteiger partial charge in [0.05, 0.1) is 19.8 Å². The molecule has 0 aliphatic carbocycles. The Morgan fingerprint density at radius 3 is 2.53 bits per heavy atom. The van der Waals surface area contributed by atoms with Crippen molar-refractivity contribution < 1.29 is 14.3 Å². The third-order valence-electron chi connectivity index (χ3n) is 3.66. The van der Waals surface area contributed by atoms with Gasteiger partial charge in [0.25, 0.3) is 0 Å². The SMILES string of the molecule is CCOC(=O)[C@@H](N)[C@](C)(CC)N1CCOCC1. The van der Waals surface area contributed by atoms with Crippen LogP contribution in [-0.2, 0) is 14.3 Å². The van der Waals surface area contributed by atoms with Gasteiger partial charge in [0.15, 0.2) is 0 Å². The predicted molar refractivity (Wildman–Crippen MR) is 65.7 cm³/mol. The summed E-state index contributed by atoms with van der Waals surface area (Å²) in [5.74, 6) is -0.316. The molecule has 1 aliphatic heterocycles. The number of carbonyl (C=O) groups excluding carboxylic acids is 1. The fourth-order valence-corrected chi connectivity index (χ4v) is 2.20. The van der Waals surface area contributed by atoms with Gasteiger partial charge in [-0.15, -0.1) is 0 Å². The second-order valence-corrected chi connectivity index (χ2v) is 4.54. The number of nitrogens with two attached hydrogens (primary N) is 1. The fraction of sp³-hybridized carbons (Fsp3) is 0.917. The minimum Gasteiger partial charge on any atom is -0.465 e. The van der Waals surface area contributed by atoms with Crippen molar-refractivity contribution in [3.63, 3.8) is 0 Å². The average molecular weight is 244 g/mol. The number of hydrogen-bond acceptors (Lipinski definition) is 5. The number of esters is 1. The first kappa shape index (κ1) is 14.4. The van der Waals surface area contributed by atoms with E-state index in [2.05, 4.69) is 11.8 Å². The molecule has 0 spiro atoms. The number of nitrogens with zero attached hydrogens (tertiary/aromatic N) is 1. The lowest BCUT2D eigenvalue weighted by Crippen LogP contribution is -2.63. The van der Waals surface area contributed by atoms with E-state index in [0.717, 1.165) is 19.5 Å². The van der Waals surface area contributed by atoms with Gasteiger partial charge in [-0.05, 0) is 20.3 Å². The lowest BCUT2D eigenvalue weighted by Gasteiger charge is -2.45. The molecule has 0 aromatic rings. The smallest absolute Gasteiger partial charge is 0.324 e. The first-order valence-corrected chi connectivity index (χ1v) is 6.31. The highest BCUT2D eigenvalue weighted by Gasteiger charge is 2.41. The molecule has 1 aliphatic rings. The van der Waals surface area contributed by atoms with Crippen LogP contribution in [0.4, 0.5) is 0 Å². The molecular formula is C12H24N2O3. The predicted octanol–water partition coefficient (Wildman–Crippen LogP) is 0.378. The van der Waals surface area contributed by atoms with Gasteiger partial charge in [-0.1, -0.05) is 6.92 Å². The quantitative estimate of drug-likeness (QED) is 0.708. The first-order valence-electron chi connectivity index (χ1n) is 6.31. The largest absolute Gasteiger partial charge is 0.465 e. The molecule has 0 aromatic heterocycles. The molecule has 5 nitrogen and oxygen atoms in total. The molecule has 2 N–H and O–H groups in total. The highest BCUT2D eigenvalue weighted by Crippen LogP contribution is 2.24. The summed E-state index contributed by atoms with van der Waals surface area (Å²) in [7, 11) is 0. The van der Waals surface area contributed by atoms with Crippen molar-refractivity contribution in [2.45, 2.75) is 38.8 Å². The summed E-state index contributed by atoms with van der Waals surface area (Å²) in [4.78, 5) is 14.0. The molecule has 0 radical (unpaired) electrons. The summed E-state index contributed by atoms with van der Waals surface area (Å²) in [6.07, 6.45) is 0.812. The number of hydrogen-bond donors (Lipinski definition) is 1. The van der Waals surface area contributed by atoms with Crippen LogP contribution in [0.15, 0.2) is 0 Å². The fourth-order valence-electron chi connectivity index (χ4n) is 2.20. The third-order valence-corrected chi connectivity index (χ3v) is 3.66. The molecule has 2 atom stereocenters. The Morgan fingerprint density at radius 2 is 2.06 bits per heavy atom. The Bertz CT molecular complexity index is 254. The minimum absolute atomic E-state index is 0.316. The molecule has 0 bridgehead atoms. The van der Waals surface area contributed by atoms with Crippen LogP contribution in [-0.4, -0.2) is 55.4 Å². The van der Waals surface area contributed by atoms with Gasteiger partial charge < -0.3 is 15.2 Å². The lowest BCUT2D eigenvalue weighted by molar-refractivity contribution is -0.150. The molecule has 0 amide bonds. The van der Waals surface area contributed by atoms with Crippen LogP contribution in [0.5, 0.6) is 0 Å². The van der Waals surface area contributed by atoms with Crippen LogP contribution in [0.3, 0.4) is 0 Å². The van der Waals surface area contributed by atoms with Crippen LogP contribution in [0.2, 0.25) is 0 Å². The van der Waals surface area contributed by atoms with Crippen molar-refractivity contribution >= 4 is 5.97 Å². The molecule has 0 unspecified atom stereocenters. The van der Waals surface area contributed by atoms with Gasteiger partial charge in [0.2, 0.25) is 0 Å². The molecule has 5 heteroatoms. The Morgan fingerprint density at radius 1 is 1.47 bits per heavy atom. The normalized spacial score (nSPS) is 22.8. The van der Waals surface area contributed by atoms with Crippen molar-refractivity contribution in [1.29, 1.82) is 0 Å². The van der Waals surface area contributed by atoms with Gasteiger partial charge in [0, 0.05) is 18.6 Å². The van der Waals surface area contributed by atoms with Crippen molar-refractivity contribution in [3.8, 4) is 0 Å². The summed E-state index contributed by atoms with van der Waals surface area (Å²) < 4.78 is 10.3. The Labute approximate surface area is 103 Å². The zero-order chi connectivity index (χ0) is 12.9. The average Bonchev–Trinajstić information content (AvgIpc) is 2.38. The van der Waals surface area contributed by atoms with Crippen molar-refractivity contribution in [1.82, 2.24) is 4.90 Å². The highest BCUT2D eigenvalue weighted by molar-refractivity contribution is 5.77. The van der Waals surface area contributed by atoms with Crippen molar-refractivity contribution in [3.05, 3.63) is 0 Å². The van der Waals surface area contributed by atoms with Gasteiger partial charge in [-0.25, -0.2) is 0 Å². The van der Waals surface area contributed by atoms with E-state index >= 15 is 0 Å². The van der Waals surface area contributed by atoms with Gasteiger partial charge in [-0.3, -0.25) is 9.69 Å². The minimum atomic E-state index is -0.606. The molecule has 1 heterocycles. The second kappa shape index (κ2) is 6.33. The number of morpholine rings is 1. The Hall–Kier alpha value is -0.650. The van der Waals surface area contributed by atoms with Crippen LogP contribution in [0.25, 0.3) is 0 Å². The summed E-state index contributed by atoms with van der Waals surface area (Å²) in [6.45, 7) is 9.28. The monoisotopic (exact) mass is 244 g/mol. The maximum Gasteiger partial charge on any atom is 0.324 e. The van der Waals surface area contributed by atoms with Gasteiger partial charge >= 0.3 is 5.97 Å². The Kier molecular flexibility index (Phi) is 5.36. The van der Waals surface area contributed by atoms with E-state index in [1.807, 2.05) is 6.92 Å². The molecule has 17 heavy (non-hydrogen) atoms. The molecule has 0 aromatic carbocycles. The van der Waals surface area contributed by atoms with Crippen molar-refractivity contribution in [2.24, 2.45) is 5.73 Å². The van der Waals surface area contributed by atoms with E-state index in [1.54, 1.807) is 6.92 Å². The van der Waals surface area contributed by atoms with E-state index < -0.39 is 6.04 Å². The van der Waals surface area contributed by atoms with Crippen LogP contribution in [0.1, 0.15) is 27.2 Å². The maximum atomic E-state index is 11.8. The van der Waals surface area contributed by atoms with Gasteiger partial charge in [-0.2, -0.15) is 0 Å². The zero-order valence-corrected chi connectivity index (χ0v) is 11.1. The highest BCUT2D eigenvalue weighted by atomic mass is 16.5. The lowest BCUT2D eigenvalue weighted by atomic mass is 9.87. The van der Waals surface area contributed by atoms with E-state index in [9.17, 15) is 4.79 Å². The number of ether oxygens (including phenoxy) is 2. The molecule has 0 saturated carbocycles. The topological polar surface area (TPSA) is 64.8 Å². The molecular weight excluding hydrogens is 220 g/mol. The van der Waals surface area contributed by atoms with Crippen LogP contribution >= 0.6 is 0 Å². The summed E-state index contributed by atoms with van der Waals surface area (Å²) in [6, 6.07) is -0.606. The summed E-state index contributed by atoms with van der Waals surface area (Å²) in [5.41, 5.74) is 5.71. The Balaban J connectivity index is 2.74. The molecule has 1 saturated heterocycles. The second-order valence-electron chi connectivity index (χ2n) is 4.54. The first-order chi connectivity index (χ1) is 8.06. The van der Waals surface area contributed by atoms with Crippen LogP contribution in [0, 0.1) is 0 Å². The molecule has 100 valence electrons. The number of rotatable bonds is 5. The maximum absolute atomic E-state index is 11.8.